The summed E-state index contributed by atoms with van der Waals surface area (Å²) in [4.78, 5) is 10.9. The number of aromatic nitrogens is 2. The van der Waals surface area contributed by atoms with E-state index < -0.39 is 5.60 Å². The smallest absolute Gasteiger partial charge is 0.225 e. The van der Waals surface area contributed by atoms with Crippen molar-refractivity contribution in [3.8, 4) is 0 Å². The minimum absolute atomic E-state index is 0.322. The molecular weight excluding hydrogens is 295 g/mol. The molecule has 122 valence electrons. The van der Waals surface area contributed by atoms with E-state index in [9.17, 15) is 9.50 Å². The van der Waals surface area contributed by atoms with Crippen LogP contribution in [-0.2, 0) is 5.60 Å². The van der Waals surface area contributed by atoms with Crippen LogP contribution in [-0.4, -0.2) is 41.3 Å². The Labute approximate surface area is 135 Å². The van der Waals surface area contributed by atoms with Crippen LogP contribution in [0.4, 0.5) is 10.3 Å². The fourth-order valence-electron chi connectivity index (χ4n) is 2.86. The molecule has 6 heteroatoms. The standard InChI is InChI=1S/C17H21FN4O/c1-2-17(23,13-3-5-15(18)6-4-13)14-11-20-16(21-12-14)22-9-7-19-8-10-22/h3-6,11-12,19,23H,2,7-10H2,1H3. The van der Waals surface area contributed by atoms with Gasteiger partial charge in [0.1, 0.15) is 11.4 Å². The molecule has 1 aromatic heterocycles. The molecule has 23 heavy (non-hydrogen) atoms. The predicted molar refractivity (Wildman–Crippen MR) is 86.8 cm³/mol. The SMILES string of the molecule is CCC(O)(c1ccc(F)cc1)c1cnc(N2CCNCC2)nc1. The Kier molecular flexibility index (Phi) is 4.54. The van der Waals surface area contributed by atoms with Gasteiger partial charge in [0.2, 0.25) is 5.95 Å². The summed E-state index contributed by atoms with van der Waals surface area (Å²) in [5, 5.41) is 14.3. The van der Waals surface area contributed by atoms with Crippen LogP contribution in [0.2, 0.25) is 0 Å². The molecule has 0 aliphatic carbocycles. The molecule has 0 bridgehead atoms. The fraction of sp³-hybridized carbons (Fsp3) is 0.412. The Morgan fingerprint density at radius 2 is 1.74 bits per heavy atom. The number of aliphatic hydroxyl groups is 1. The van der Waals surface area contributed by atoms with Crippen LogP contribution in [0.5, 0.6) is 0 Å². The van der Waals surface area contributed by atoms with Crippen molar-refractivity contribution < 1.29 is 9.50 Å². The lowest BCUT2D eigenvalue weighted by atomic mass is 9.86. The number of nitrogens with zero attached hydrogens (tertiary/aromatic N) is 3. The second kappa shape index (κ2) is 6.60. The maximum absolute atomic E-state index is 13.1. The summed E-state index contributed by atoms with van der Waals surface area (Å²) in [6, 6.07) is 5.91. The second-order valence-corrected chi connectivity index (χ2v) is 5.73. The Morgan fingerprint density at radius 1 is 1.13 bits per heavy atom. The summed E-state index contributed by atoms with van der Waals surface area (Å²) in [5.74, 6) is 0.352. The van der Waals surface area contributed by atoms with Crippen LogP contribution in [0.25, 0.3) is 0 Å². The zero-order valence-corrected chi connectivity index (χ0v) is 13.2. The lowest BCUT2D eigenvalue weighted by Gasteiger charge is -2.29. The second-order valence-electron chi connectivity index (χ2n) is 5.73. The van der Waals surface area contributed by atoms with Gasteiger partial charge in [-0.05, 0) is 24.1 Å². The Hall–Kier alpha value is -2.05. The van der Waals surface area contributed by atoms with Gasteiger partial charge in [-0.25, -0.2) is 14.4 Å². The molecule has 5 nitrogen and oxygen atoms in total. The predicted octanol–water partition coefficient (Wildman–Crippen LogP) is 1.67. The normalized spacial score (nSPS) is 17.8. The molecule has 2 aromatic rings. The van der Waals surface area contributed by atoms with Gasteiger partial charge in [0.15, 0.2) is 0 Å². The molecule has 0 radical (unpaired) electrons. The highest BCUT2D eigenvalue weighted by molar-refractivity contribution is 5.37. The van der Waals surface area contributed by atoms with Crippen molar-refractivity contribution >= 4 is 5.95 Å². The highest BCUT2D eigenvalue weighted by atomic mass is 19.1. The highest BCUT2D eigenvalue weighted by Crippen LogP contribution is 2.32. The van der Waals surface area contributed by atoms with Crippen molar-refractivity contribution in [2.45, 2.75) is 18.9 Å². The molecule has 1 aliphatic heterocycles. The van der Waals surface area contributed by atoms with Crippen LogP contribution >= 0.6 is 0 Å². The minimum Gasteiger partial charge on any atom is -0.380 e. The van der Waals surface area contributed by atoms with Crippen LogP contribution in [0.15, 0.2) is 36.7 Å². The molecule has 1 saturated heterocycles. The van der Waals surface area contributed by atoms with Crippen molar-refractivity contribution in [3.05, 3.63) is 53.6 Å². The van der Waals surface area contributed by atoms with Crippen LogP contribution in [0.3, 0.4) is 0 Å². The number of hydrogen-bond donors (Lipinski definition) is 2. The highest BCUT2D eigenvalue weighted by Gasteiger charge is 2.30. The van der Waals surface area contributed by atoms with Gasteiger partial charge in [0.05, 0.1) is 0 Å². The van der Waals surface area contributed by atoms with Crippen molar-refractivity contribution in [2.24, 2.45) is 0 Å². The summed E-state index contributed by atoms with van der Waals surface area (Å²) in [6.45, 7) is 5.46. The zero-order valence-electron chi connectivity index (χ0n) is 13.2. The monoisotopic (exact) mass is 316 g/mol. The molecule has 0 saturated carbocycles. The van der Waals surface area contributed by atoms with E-state index in [-0.39, 0.29) is 5.82 Å². The minimum atomic E-state index is -1.21. The Morgan fingerprint density at radius 3 is 2.30 bits per heavy atom. The van der Waals surface area contributed by atoms with Gasteiger partial charge < -0.3 is 15.3 Å². The van der Waals surface area contributed by atoms with E-state index in [1.165, 1.54) is 12.1 Å². The van der Waals surface area contributed by atoms with E-state index in [1.54, 1.807) is 24.5 Å². The number of benzene rings is 1. The third-order valence-electron chi connectivity index (χ3n) is 4.35. The third kappa shape index (κ3) is 3.18. The summed E-state index contributed by atoms with van der Waals surface area (Å²) in [7, 11) is 0. The number of piperazine rings is 1. The van der Waals surface area contributed by atoms with E-state index >= 15 is 0 Å². The van der Waals surface area contributed by atoms with Gasteiger partial charge in [-0.3, -0.25) is 0 Å². The average Bonchev–Trinajstić information content (AvgIpc) is 2.62. The molecule has 1 aromatic carbocycles. The van der Waals surface area contributed by atoms with Crippen molar-refractivity contribution in [3.63, 3.8) is 0 Å². The summed E-state index contributed by atoms with van der Waals surface area (Å²) < 4.78 is 13.1. The lowest BCUT2D eigenvalue weighted by molar-refractivity contribution is 0.0757. The first-order valence-corrected chi connectivity index (χ1v) is 7.90. The fourth-order valence-corrected chi connectivity index (χ4v) is 2.86. The first-order chi connectivity index (χ1) is 11.1. The summed E-state index contributed by atoms with van der Waals surface area (Å²) in [5.41, 5.74) is 0.0424. The van der Waals surface area contributed by atoms with Gasteiger partial charge in [0.25, 0.3) is 0 Å². The molecule has 1 fully saturated rings. The molecule has 1 atom stereocenters. The van der Waals surface area contributed by atoms with E-state index in [1.807, 2.05) is 6.92 Å². The topological polar surface area (TPSA) is 61.3 Å². The molecule has 1 unspecified atom stereocenters. The molecule has 2 heterocycles. The third-order valence-corrected chi connectivity index (χ3v) is 4.35. The van der Waals surface area contributed by atoms with E-state index in [2.05, 4.69) is 20.2 Å². The Bertz CT molecular complexity index is 641. The van der Waals surface area contributed by atoms with Gasteiger partial charge in [-0.1, -0.05) is 19.1 Å². The van der Waals surface area contributed by atoms with Gasteiger partial charge >= 0.3 is 0 Å². The molecule has 0 amide bonds. The van der Waals surface area contributed by atoms with Crippen molar-refractivity contribution in [1.82, 2.24) is 15.3 Å². The first kappa shape index (κ1) is 15.8. The maximum Gasteiger partial charge on any atom is 0.225 e. The van der Waals surface area contributed by atoms with Crippen molar-refractivity contribution in [2.75, 3.05) is 31.1 Å². The van der Waals surface area contributed by atoms with E-state index in [0.29, 0.717) is 23.5 Å². The lowest BCUT2D eigenvalue weighted by Crippen LogP contribution is -2.44. The zero-order chi connectivity index (χ0) is 16.3. The van der Waals surface area contributed by atoms with Crippen LogP contribution < -0.4 is 10.2 Å². The van der Waals surface area contributed by atoms with Gasteiger partial charge in [0, 0.05) is 44.1 Å². The number of halogens is 1. The summed E-state index contributed by atoms with van der Waals surface area (Å²) >= 11 is 0. The molecule has 0 spiro atoms. The Balaban J connectivity index is 1.87. The van der Waals surface area contributed by atoms with E-state index in [0.717, 1.165) is 26.2 Å². The molecule has 3 rings (SSSR count). The van der Waals surface area contributed by atoms with Crippen LogP contribution in [0.1, 0.15) is 24.5 Å². The quantitative estimate of drug-likeness (QED) is 0.898. The largest absolute Gasteiger partial charge is 0.380 e. The van der Waals surface area contributed by atoms with Crippen molar-refractivity contribution in [1.29, 1.82) is 0 Å². The van der Waals surface area contributed by atoms with Gasteiger partial charge in [-0.15, -0.1) is 0 Å². The summed E-state index contributed by atoms with van der Waals surface area (Å²) in [6.07, 6.45) is 3.78. The van der Waals surface area contributed by atoms with Gasteiger partial charge in [-0.2, -0.15) is 0 Å². The number of nitrogens with one attached hydrogen (secondary N) is 1. The number of hydrogen-bond acceptors (Lipinski definition) is 5. The average molecular weight is 316 g/mol. The number of anilines is 1. The first-order valence-electron chi connectivity index (χ1n) is 7.90. The van der Waals surface area contributed by atoms with Crippen LogP contribution in [0, 0.1) is 5.82 Å². The molecule has 2 N–H and O–H groups in total. The number of rotatable bonds is 4. The molecule has 1 aliphatic rings. The van der Waals surface area contributed by atoms with E-state index in [4.69, 9.17) is 0 Å². The molecular formula is C17H21FN4O. The maximum atomic E-state index is 13.1.